The molecule has 0 aliphatic heterocycles. The Bertz CT molecular complexity index is 4730. The van der Waals surface area contributed by atoms with Crippen LogP contribution < -0.4 is 0 Å². The van der Waals surface area contributed by atoms with Crippen LogP contribution in [0.25, 0.3) is 0 Å². The van der Waals surface area contributed by atoms with Gasteiger partial charge in [-0.25, -0.2) is 0 Å². The Hall–Kier alpha value is -9.36. The second-order valence-corrected chi connectivity index (χ2v) is 61.4. The molecule has 15 heteroatoms. The molecule has 114 heavy (non-hydrogen) atoms. The van der Waals surface area contributed by atoms with Gasteiger partial charge in [0.05, 0.1) is 0 Å². The van der Waals surface area contributed by atoms with Gasteiger partial charge in [-0.3, -0.25) is 0 Å². The van der Waals surface area contributed by atoms with Gasteiger partial charge in [-0.1, -0.05) is 0 Å². The summed E-state index contributed by atoms with van der Waals surface area (Å²) in [5.41, 5.74) is 8.90. The van der Waals surface area contributed by atoms with Crippen LogP contribution in [0.1, 0.15) is 275 Å². The van der Waals surface area contributed by atoms with Crippen molar-refractivity contribution in [2.24, 2.45) is 0 Å². The van der Waals surface area contributed by atoms with E-state index in [4.69, 9.17) is 0 Å². The van der Waals surface area contributed by atoms with Crippen molar-refractivity contribution in [2.45, 2.75) is 187 Å². The minimum absolute atomic E-state index is 0.0955. The van der Waals surface area contributed by atoms with Crippen LogP contribution in [-0.2, 0) is 0 Å². The summed E-state index contributed by atoms with van der Waals surface area (Å²) in [6.07, 6.45) is 0. The third kappa shape index (κ3) is 14.9. The van der Waals surface area contributed by atoms with Crippen molar-refractivity contribution in [3.63, 3.8) is 0 Å². The maximum absolute atomic E-state index is 18.5. The van der Waals surface area contributed by atoms with Gasteiger partial charge in [-0.05, 0) is 0 Å². The summed E-state index contributed by atoms with van der Waals surface area (Å²) in [6, 6.07) is 33.8. The van der Waals surface area contributed by atoms with Crippen molar-refractivity contribution in [3.05, 3.63) is 344 Å². The minimum atomic E-state index is -7.73. The first kappa shape index (κ1) is 87.0. The summed E-state index contributed by atoms with van der Waals surface area (Å²) in [5.74, 6) is 0. The van der Waals surface area contributed by atoms with Gasteiger partial charge in [0, 0.05) is 0 Å². The molecule has 0 spiro atoms. The van der Waals surface area contributed by atoms with E-state index in [1.54, 1.807) is 234 Å². The van der Waals surface area contributed by atoms with E-state index in [9.17, 15) is 0 Å². The fourth-order valence-electron chi connectivity index (χ4n) is 19.1. The SMILES string of the molecule is Cc1cc(C)c([C](=O)[Sn]([C](=O)c2cc([C](=O)[Sn]([C](=O)c3c(C)cc(C)cc3C)([C](=O)c3c(C)cc(C)cc3C)[C](=O)c3c(C)cc(C)cc3C)cc([C](=O)[Sn]([C](=O)c3c(C)cc(C)cc3C)([C](=O)c3c(C)cc(C)cc3C)[C](=O)c3c(C)cc(C)cc3C)c2)([C](=O)c2c(C)cc(C)cc2C)[C](=O)c2c(C)cc(C)cc2C)c(C)c1. The molecular formula is C99H102O12Sn3. The molecule has 0 amide bonds. The molecule has 0 fully saturated rings. The van der Waals surface area contributed by atoms with Gasteiger partial charge in [-0.15, -0.1) is 0 Å². The fourth-order valence-corrected chi connectivity index (χ4v) is 54.4. The summed E-state index contributed by atoms with van der Waals surface area (Å²) >= 11 is -23.2. The Balaban J connectivity index is 1.54. The van der Waals surface area contributed by atoms with E-state index in [-0.39, 0.29) is 50.1 Å². The van der Waals surface area contributed by atoms with Crippen LogP contribution in [0.2, 0.25) is 0 Å². The van der Waals surface area contributed by atoms with Crippen molar-refractivity contribution < 1.29 is 57.5 Å². The molecule has 0 aromatic heterocycles. The fraction of sp³-hybridized carbons (Fsp3) is 0.273. The van der Waals surface area contributed by atoms with Gasteiger partial charge in [0.25, 0.3) is 0 Å². The van der Waals surface area contributed by atoms with E-state index in [1.807, 2.05) is 62.3 Å². The Labute approximate surface area is 683 Å². The van der Waals surface area contributed by atoms with E-state index >= 15 is 57.5 Å². The predicted molar refractivity (Wildman–Crippen MR) is 462 cm³/mol. The number of rotatable bonds is 24. The molecule has 0 saturated heterocycles. The van der Waals surface area contributed by atoms with Crippen molar-refractivity contribution in [3.8, 4) is 0 Å². The Kier molecular flexibility index (Phi) is 25.0. The Morgan fingerprint density at radius 3 is 0.289 bits per heavy atom. The predicted octanol–water partition coefficient (Wildman–Crippen LogP) is 20.3. The van der Waals surface area contributed by atoms with Crippen LogP contribution in [0.15, 0.2) is 127 Å². The average Bonchev–Trinajstić information content (AvgIpc) is 0.714. The molecule has 0 atom stereocenters. The van der Waals surface area contributed by atoms with Gasteiger partial charge in [0.15, 0.2) is 0 Å². The second-order valence-electron chi connectivity index (χ2n) is 33.0. The van der Waals surface area contributed by atoms with Crippen molar-refractivity contribution in [1.29, 1.82) is 0 Å². The summed E-state index contributed by atoms with van der Waals surface area (Å²) in [7, 11) is 0. The molecule has 0 aliphatic rings. The van der Waals surface area contributed by atoms with Gasteiger partial charge >= 0.3 is 690 Å². The first-order valence-corrected chi connectivity index (χ1v) is 55.7. The number of benzene rings is 10. The molecule has 0 unspecified atom stereocenters. The zero-order valence-corrected chi connectivity index (χ0v) is 79.6. The molecule has 10 rings (SSSR count). The summed E-state index contributed by atoms with van der Waals surface area (Å²) in [5, 5.41) is 0. The third-order valence-electron chi connectivity index (χ3n) is 22.9. The van der Waals surface area contributed by atoms with Crippen LogP contribution in [0, 0.1) is 187 Å². The summed E-state index contributed by atoms with van der Waals surface area (Å²) in [4.78, 5) is 214. The Morgan fingerprint density at radius 2 is 0.211 bits per heavy atom. The first-order chi connectivity index (χ1) is 53.1. The van der Waals surface area contributed by atoms with Crippen molar-refractivity contribution in [1.82, 2.24) is 0 Å². The van der Waals surface area contributed by atoms with E-state index in [1.165, 1.54) is 0 Å². The monoisotopic (exact) mass is 1840 g/mol. The normalized spacial score (nSPS) is 11.7. The standard InChI is InChI=1S/9C10H11O.C9H3O3.3Sn/c9*1-7-4-8(2)10(6-11)9(3)5-7;10-4-7-1-8(5-11)3-9(2-7)6-12;;;/h9*4-5H,1-3H3;1-3H;;;. The topological polar surface area (TPSA) is 205 Å². The van der Waals surface area contributed by atoms with E-state index in [0.717, 1.165) is 18.2 Å². The van der Waals surface area contributed by atoms with Gasteiger partial charge in [-0.2, -0.15) is 0 Å². The van der Waals surface area contributed by atoms with Crippen LogP contribution >= 0.6 is 0 Å². The van der Waals surface area contributed by atoms with Crippen LogP contribution in [-0.4, -0.2) is 101 Å². The maximum atomic E-state index is 18.5. The zero-order chi connectivity index (χ0) is 84.8. The number of hydrogen-bond donors (Lipinski definition) is 0. The van der Waals surface area contributed by atoms with Gasteiger partial charge in [0.1, 0.15) is 0 Å². The van der Waals surface area contributed by atoms with Crippen molar-refractivity contribution in [2.75, 3.05) is 0 Å². The molecule has 0 heterocycles. The quantitative estimate of drug-likeness (QED) is 0.0518. The number of carbonyl (C=O) groups excluding carboxylic acids is 12. The molecule has 12 nitrogen and oxygen atoms in total. The van der Waals surface area contributed by atoms with E-state index in [2.05, 4.69) is 0 Å². The molecule has 0 aliphatic carbocycles. The third-order valence-corrected chi connectivity index (χ3v) is 55.2. The molecule has 10 aromatic carbocycles. The first-order valence-electron chi connectivity index (χ1n) is 38.6. The molecule has 582 valence electrons. The van der Waals surface area contributed by atoms with E-state index in [0.29, 0.717) is 150 Å². The van der Waals surface area contributed by atoms with Crippen LogP contribution in [0.3, 0.4) is 0 Å². The second kappa shape index (κ2) is 32.7. The molecule has 10 aromatic rings. The Morgan fingerprint density at radius 1 is 0.132 bits per heavy atom. The van der Waals surface area contributed by atoms with Gasteiger partial charge in [0.2, 0.25) is 0 Å². The average molecular weight is 1840 g/mol. The number of hydrogen-bond acceptors (Lipinski definition) is 12. The van der Waals surface area contributed by atoms with Crippen molar-refractivity contribution >= 4 is 101 Å². The summed E-state index contributed by atoms with van der Waals surface area (Å²) < 4.78 is -13.8. The summed E-state index contributed by atoms with van der Waals surface area (Å²) in [6.45, 7) is 46.1. The zero-order valence-electron chi connectivity index (χ0n) is 71.0. The molecular weight excluding hydrogens is 1740 g/mol. The molecule has 0 bridgehead atoms. The van der Waals surface area contributed by atoms with Crippen LogP contribution in [0.4, 0.5) is 0 Å². The number of aryl methyl sites for hydroxylation is 27. The van der Waals surface area contributed by atoms with E-state index < -0.39 is 117 Å². The molecule has 0 radical (unpaired) electrons. The van der Waals surface area contributed by atoms with Gasteiger partial charge < -0.3 is 0 Å². The molecule has 0 N–H and O–H groups in total. The van der Waals surface area contributed by atoms with Crippen LogP contribution in [0.5, 0.6) is 0 Å². The number of carbonyl (C=O) groups is 12. The molecule has 0 saturated carbocycles.